The summed E-state index contributed by atoms with van der Waals surface area (Å²) in [5.41, 5.74) is 1.17. The molecule has 0 saturated carbocycles. The molecule has 0 aliphatic carbocycles. The Morgan fingerprint density at radius 1 is 1.50 bits per heavy atom. The highest BCUT2D eigenvalue weighted by atomic mass is 35.5. The SMILES string of the molecule is C=CCOCC(C)OC(=O)COC(=C)c1ncccc1/C(Cl)=C\C. The standard InChI is InChI=1S/C18H22ClNO4/c1-5-10-22-11-13(3)24-17(21)12-23-14(4)18-15(16(19)6-2)8-7-9-20-18/h5-9,13H,1,4,10-12H2,2-3H3/b16-6+. The molecule has 0 saturated heterocycles. The minimum Gasteiger partial charge on any atom is -0.480 e. The number of hydrogen-bond acceptors (Lipinski definition) is 5. The first-order valence-electron chi connectivity index (χ1n) is 7.47. The maximum Gasteiger partial charge on any atom is 0.344 e. The number of pyridine rings is 1. The topological polar surface area (TPSA) is 57.7 Å². The zero-order valence-electron chi connectivity index (χ0n) is 14.0. The van der Waals surface area contributed by atoms with Gasteiger partial charge in [-0.25, -0.2) is 4.79 Å². The van der Waals surface area contributed by atoms with Gasteiger partial charge in [0.15, 0.2) is 6.61 Å². The summed E-state index contributed by atoms with van der Waals surface area (Å²) in [6, 6.07) is 3.56. The van der Waals surface area contributed by atoms with Gasteiger partial charge < -0.3 is 14.2 Å². The lowest BCUT2D eigenvalue weighted by atomic mass is 10.1. The molecule has 24 heavy (non-hydrogen) atoms. The Morgan fingerprint density at radius 3 is 2.92 bits per heavy atom. The van der Waals surface area contributed by atoms with Gasteiger partial charge in [0.25, 0.3) is 0 Å². The lowest BCUT2D eigenvalue weighted by Crippen LogP contribution is -2.23. The van der Waals surface area contributed by atoms with E-state index in [1.165, 1.54) is 0 Å². The second-order valence-electron chi connectivity index (χ2n) is 4.87. The van der Waals surface area contributed by atoms with Crippen molar-refractivity contribution in [2.45, 2.75) is 20.0 Å². The number of aromatic nitrogens is 1. The van der Waals surface area contributed by atoms with Crippen LogP contribution in [0.2, 0.25) is 0 Å². The molecule has 6 heteroatoms. The van der Waals surface area contributed by atoms with Gasteiger partial charge in [-0.3, -0.25) is 4.98 Å². The van der Waals surface area contributed by atoms with Gasteiger partial charge in [0, 0.05) is 16.8 Å². The van der Waals surface area contributed by atoms with E-state index in [-0.39, 0.29) is 18.5 Å². The average molecular weight is 352 g/mol. The molecule has 1 atom stereocenters. The molecular formula is C18H22ClNO4. The fraction of sp³-hybridized carbons (Fsp3) is 0.333. The molecule has 0 aliphatic rings. The van der Waals surface area contributed by atoms with E-state index in [2.05, 4.69) is 18.1 Å². The molecule has 0 aromatic carbocycles. The molecular weight excluding hydrogens is 330 g/mol. The Labute approximate surface area is 147 Å². The van der Waals surface area contributed by atoms with Crippen LogP contribution in [-0.4, -0.2) is 36.9 Å². The number of carbonyl (C=O) groups is 1. The summed E-state index contributed by atoms with van der Waals surface area (Å²) in [5.74, 6) is -0.265. The van der Waals surface area contributed by atoms with E-state index >= 15 is 0 Å². The molecule has 0 radical (unpaired) electrons. The van der Waals surface area contributed by atoms with Crippen LogP contribution >= 0.6 is 11.6 Å². The third kappa shape index (κ3) is 6.56. The predicted octanol–water partition coefficient (Wildman–Crippen LogP) is 3.80. The van der Waals surface area contributed by atoms with E-state index in [0.717, 1.165) is 0 Å². The Balaban J connectivity index is 2.55. The average Bonchev–Trinajstić information content (AvgIpc) is 2.59. The molecule has 1 rings (SSSR count). The molecule has 0 spiro atoms. The molecule has 1 heterocycles. The number of allylic oxidation sites excluding steroid dienone is 1. The summed E-state index contributed by atoms with van der Waals surface area (Å²) < 4.78 is 15.7. The van der Waals surface area contributed by atoms with E-state index < -0.39 is 5.97 Å². The van der Waals surface area contributed by atoms with Crippen molar-refractivity contribution >= 4 is 28.4 Å². The van der Waals surface area contributed by atoms with Crippen LogP contribution in [0.25, 0.3) is 10.8 Å². The number of ether oxygens (including phenoxy) is 3. The summed E-state index contributed by atoms with van der Waals surface area (Å²) in [5, 5.41) is 0.526. The molecule has 0 amide bonds. The van der Waals surface area contributed by atoms with Crippen molar-refractivity contribution in [2.24, 2.45) is 0 Å². The monoisotopic (exact) mass is 351 g/mol. The smallest absolute Gasteiger partial charge is 0.344 e. The normalized spacial score (nSPS) is 12.4. The summed E-state index contributed by atoms with van der Waals surface area (Å²) in [7, 11) is 0. The van der Waals surface area contributed by atoms with Crippen LogP contribution in [0.15, 0.2) is 43.6 Å². The van der Waals surface area contributed by atoms with Gasteiger partial charge in [-0.1, -0.05) is 30.3 Å². The molecule has 1 unspecified atom stereocenters. The van der Waals surface area contributed by atoms with Crippen LogP contribution in [-0.2, 0) is 19.0 Å². The van der Waals surface area contributed by atoms with Crippen molar-refractivity contribution in [3.05, 3.63) is 54.9 Å². The van der Waals surface area contributed by atoms with E-state index in [9.17, 15) is 4.79 Å². The first-order chi connectivity index (χ1) is 11.5. The van der Waals surface area contributed by atoms with Gasteiger partial charge in [0.1, 0.15) is 17.6 Å². The lowest BCUT2D eigenvalue weighted by molar-refractivity contribution is -0.153. The number of hydrogen-bond donors (Lipinski definition) is 0. The minimum atomic E-state index is -0.513. The number of carbonyl (C=O) groups excluding carboxylic acids is 1. The maximum atomic E-state index is 11.8. The summed E-state index contributed by atoms with van der Waals surface area (Å²) in [6.45, 7) is 11.3. The Kier molecular flexibility index (Phi) is 8.83. The van der Waals surface area contributed by atoms with Gasteiger partial charge in [0.2, 0.25) is 0 Å². The largest absolute Gasteiger partial charge is 0.480 e. The highest BCUT2D eigenvalue weighted by molar-refractivity contribution is 6.49. The second kappa shape index (κ2) is 10.6. The van der Waals surface area contributed by atoms with Crippen molar-refractivity contribution in [2.75, 3.05) is 19.8 Å². The zero-order chi connectivity index (χ0) is 17.9. The summed E-state index contributed by atoms with van der Waals surface area (Å²) in [6.07, 6.45) is 4.60. The number of rotatable bonds is 10. The van der Waals surface area contributed by atoms with Gasteiger partial charge >= 0.3 is 5.97 Å². The van der Waals surface area contributed by atoms with Gasteiger partial charge in [-0.15, -0.1) is 6.58 Å². The fourth-order valence-corrected chi connectivity index (χ4v) is 1.95. The van der Waals surface area contributed by atoms with E-state index in [0.29, 0.717) is 29.5 Å². The highest BCUT2D eigenvalue weighted by Crippen LogP contribution is 2.25. The Morgan fingerprint density at radius 2 is 2.25 bits per heavy atom. The fourth-order valence-electron chi connectivity index (χ4n) is 1.80. The summed E-state index contributed by atoms with van der Waals surface area (Å²) in [4.78, 5) is 16.0. The Hall–Kier alpha value is -2.11. The molecule has 0 bridgehead atoms. The van der Waals surface area contributed by atoms with Crippen molar-refractivity contribution in [3.63, 3.8) is 0 Å². The van der Waals surface area contributed by atoms with Crippen molar-refractivity contribution in [1.29, 1.82) is 0 Å². The number of nitrogens with zero attached hydrogens (tertiary/aromatic N) is 1. The molecule has 0 fully saturated rings. The van der Waals surface area contributed by atoms with Gasteiger partial charge in [-0.05, 0) is 26.0 Å². The van der Waals surface area contributed by atoms with Crippen LogP contribution < -0.4 is 0 Å². The van der Waals surface area contributed by atoms with E-state index in [1.54, 1.807) is 37.4 Å². The first kappa shape index (κ1) is 19.9. The van der Waals surface area contributed by atoms with Crippen molar-refractivity contribution < 1.29 is 19.0 Å². The molecule has 130 valence electrons. The number of halogens is 1. The third-order valence-electron chi connectivity index (χ3n) is 2.87. The zero-order valence-corrected chi connectivity index (χ0v) is 14.7. The van der Waals surface area contributed by atoms with E-state index in [1.807, 2.05) is 6.92 Å². The third-order valence-corrected chi connectivity index (χ3v) is 3.29. The first-order valence-corrected chi connectivity index (χ1v) is 7.84. The second-order valence-corrected chi connectivity index (χ2v) is 5.28. The van der Waals surface area contributed by atoms with Crippen molar-refractivity contribution in [1.82, 2.24) is 4.98 Å². The van der Waals surface area contributed by atoms with Gasteiger partial charge in [-0.2, -0.15) is 0 Å². The minimum absolute atomic E-state index is 0.248. The molecule has 1 aromatic rings. The number of esters is 1. The van der Waals surface area contributed by atoms with Crippen LogP contribution in [0.1, 0.15) is 25.1 Å². The van der Waals surface area contributed by atoms with Crippen LogP contribution in [0.4, 0.5) is 0 Å². The molecule has 5 nitrogen and oxygen atoms in total. The predicted molar refractivity (Wildman–Crippen MR) is 95.3 cm³/mol. The Bertz CT molecular complexity index is 613. The van der Waals surface area contributed by atoms with Crippen LogP contribution in [0.5, 0.6) is 0 Å². The highest BCUT2D eigenvalue weighted by Gasteiger charge is 2.14. The molecule has 0 N–H and O–H groups in total. The lowest BCUT2D eigenvalue weighted by Gasteiger charge is -2.15. The molecule has 1 aromatic heterocycles. The quantitative estimate of drug-likeness (QED) is 0.278. The van der Waals surface area contributed by atoms with E-state index in [4.69, 9.17) is 25.8 Å². The van der Waals surface area contributed by atoms with Crippen molar-refractivity contribution in [3.8, 4) is 0 Å². The molecule has 0 aliphatic heterocycles. The summed E-state index contributed by atoms with van der Waals surface area (Å²) >= 11 is 6.14. The maximum absolute atomic E-state index is 11.8. The van der Waals surface area contributed by atoms with Gasteiger partial charge in [0.05, 0.1) is 13.2 Å². The van der Waals surface area contributed by atoms with Crippen LogP contribution in [0, 0.1) is 0 Å². The van der Waals surface area contributed by atoms with Crippen LogP contribution in [0.3, 0.4) is 0 Å².